The topological polar surface area (TPSA) is 60.7 Å². The maximum Gasteiger partial charge on any atom is 0.0809 e. The van der Waals surface area contributed by atoms with E-state index in [4.69, 9.17) is 5.26 Å². The molecule has 1 saturated heterocycles. The van der Waals surface area contributed by atoms with Crippen molar-refractivity contribution >= 4 is 0 Å². The van der Waals surface area contributed by atoms with Crippen molar-refractivity contribution < 1.29 is 0 Å². The van der Waals surface area contributed by atoms with E-state index in [1.54, 1.807) is 12.4 Å². The van der Waals surface area contributed by atoms with Crippen LogP contribution < -0.4 is 10.9 Å². The second-order valence-electron chi connectivity index (χ2n) is 3.02. The van der Waals surface area contributed by atoms with Crippen LogP contribution in [0.1, 0.15) is 11.6 Å². The van der Waals surface area contributed by atoms with Crippen LogP contribution in [0.2, 0.25) is 0 Å². The van der Waals surface area contributed by atoms with Crippen LogP contribution in [0.25, 0.3) is 0 Å². The molecule has 0 aliphatic carbocycles. The molecule has 2 atom stereocenters. The number of pyridine rings is 1. The summed E-state index contributed by atoms with van der Waals surface area (Å²) in [6, 6.07) is 6.21. The highest BCUT2D eigenvalue weighted by Gasteiger charge is 2.27. The summed E-state index contributed by atoms with van der Waals surface area (Å²) in [5, 5.41) is 8.85. The first-order valence-electron chi connectivity index (χ1n) is 4.20. The van der Waals surface area contributed by atoms with Gasteiger partial charge in [-0.25, -0.2) is 5.43 Å². The highest BCUT2D eigenvalue weighted by molar-refractivity contribution is 5.19. The summed E-state index contributed by atoms with van der Waals surface area (Å²) in [7, 11) is 0. The normalized spacial score (nSPS) is 27.0. The Bertz CT molecular complexity index is 316. The van der Waals surface area contributed by atoms with E-state index in [0.717, 1.165) is 5.56 Å². The predicted molar refractivity (Wildman–Crippen MR) is 47.2 cm³/mol. The molecule has 2 heterocycles. The summed E-state index contributed by atoms with van der Waals surface area (Å²) >= 11 is 0. The molecule has 0 saturated carbocycles. The van der Waals surface area contributed by atoms with Gasteiger partial charge in [-0.1, -0.05) is 0 Å². The zero-order valence-corrected chi connectivity index (χ0v) is 7.07. The fourth-order valence-corrected chi connectivity index (χ4v) is 1.50. The Labute approximate surface area is 76.6 Å². The summed E-state index contributed by atoms with van der Waals surface area (Å²) in [6.45, 7) is 0.698. The van der Waals surface area contributed by atoms with Gasteiger partial charge < -0.3 is 0 Å². The average molecular weight is 174 g/mol. The molecule has 0 bridgehead atoms. The fourth-order valence-electron chi connectivity index (χ4n) is 1.50. The Balaban J connectivity index is 2.22. The van der Waals surface area contributed by atoms with Crippen LogP contribution in [-0.2, 0) is 0 Å². The van der Waals surface area contributed by atoms with Crippen LogP contribution in [0, 0.1) is 17.2 Å². The smallest absolute Gasteiger partial charge is 0.0809 e. The van der Waals surface area contributed by atoms with Crippen molar-refractivity contribution in [2.24, 2.45) is 5.92 Å². The van der Waals surface area contributed by atoms with Gasteiger partial charge in [-0.15, -0.1) is 0 Å². The molecule has 0 spiro atoms. The lowest BCUT2D eigenvalue weighted by atomic mass is 9.97. The minimum Gasteiger partial charge on any atom is -0.265 e. The molecule has 1 aliphatic rings. The van der Waals surface area contributed by atoms with Gasteiger partial charge in [0.1, 0.15) is 0 Å². The SMILES string of the molecule is N#CC1CNNC1c1ccncc1. The lowest BCUT2D eigenvalue weighted by Gasteiger charge is -2.11. The van der Waals surface area contributed by atoms with Gasteiger partial charge in [-0.3, -0.25) is 10.4 Å². The van der Waals surface area contributed by atoms with Gasteiger partial charge in [0.05, 0.1) is 18.0 Å². The van der Waals surface area contributed by atoms with Crippen molar-refractivity contribution in [3.63, 3.8) is 0 Å². The number of nitriles is 1. The Hall–Kier alpha value is -1.44. The maximum atomic E-state index is 8.85. The molecule has 0 aromatic carbocycles. The Morgan fingerprint density at radius 2 is 2.23 bits per heavy atom. The third-order valence-electron chi connectivity index (χ3n) is 2.21. The summed E-state index contributed by atoms with van der Waals surface area (Å²) in [5.41, 5.74) is 7.16. The van der Waals surface area contributed by atoms with Gasteiger partial charge in [-0.05, 0) is 17.7 Å². The molecule has 1 fully saturated rings. The van der Waals surface area contributed by atoms with Gasteiger partial charge in [0.2, 0.25) is 0 Å². The van der Waals surface area contributed by atoms with Crippen molar-refractivity contribution in [3.8, 4) is 6.07 Å². The molecule has 1 aromatic heterocycles. The predicted octanol–water partition coefficient (Wildman–Crippen LogP) is 0.370. The molecule has 2 unspecified atom stereocenters. The quantitative estimate of drug-likeness (QED) is 0.645. The Kier molecular flexibility index (Phi) is 2.21. The van der Waals surface area contributed by atoms with E-state index in [1.807, 2.05) is 12.1 Å². The lowest BCUT2D eigenvalue weighted by molar-refractivity contribution is 0.544. The summed E-state index contributed by atoms with van der Waals surface area (Å²) < 4.78 is 0. The summed E-state index contributed by atoms with van der Waals surface area (Å²) in [5.74, 6) is 0.00222. The molecule has 0 amide bonds. The van der Waals surface area contributed by atoms with E-state index in [0.29, 0.717) is 6.54 Å². The monoisotopic (exact) mass is 174 g/mol. The Morgan fingerprint density at radius 3 is 2.92 bits per heavy atom. The summed E-state index contributed by atoms with van der Waals surface area (Å²) in [4.78, 5) is 3.94. The van der Waals surface area contributed by atoms with E-state index in [-0.39, 0.29) is 12.0 Å². The highest BCUT2D eigenvalue weighted by Crippen LogP contribution is 2.22. The molecule has 4 heteroatoms. The van der Waals surface area contributed by atoms with E-state index in [1.165, 1.54) is 0 Å². The third-order valence-corrected chi connectivity index (χ3v) is 2.21. The van der Waals surface area contributed by atoms with Crippen LogP contribution in [0.3, 0.4) is 0 Å². The average Bonchev–Trinajstić information content (AvgIpc) is 2.67. The fraction of sp³-hybridized carbons (Fsp3) is 0.333. The molecule has 13 heavy (non-hydrogen) atoms. The van der Waals surface area contributed by atoms with Gasteiger partial charge in [0, 0.05) is 18.9 Å². The third kappa shape index (κ3) is 1.52. The van der Waals surface area contributed by atoms with Crippen LogP contribution in [0.4, 0.5) is 0 Å². The van der Waals surface area contributed by atoms with Crippen molar-refractivity contribution in [1.29, 1.82) is 5.26 Å². The molecular formula is C9H10N4. The molecule has 2 rings (SSSR count). The first-order valence-corrected chi connectivity index (χ1v) is 4.20. The number of hydrazine groups is 1. The zero-order valence-electron chi connectivity index (χ0n) is 7.07. The largest absolute Gasteiger partial charge is 0.265 e. The summed E-state index contributed by atoms with van der Waals surface area (Å²) in [6.07, 6.45) is 3.48. The number of hydrogen-bond donors (Lipinski definition) is 2. The number of nitrogens with zero attached hydrogens (tertiary/aromatic N) is 2. The maximum absolute atomic E-state index is 8.85. The van der Waals surface area contributed by atoms with Crippen molar-refractivity contribution in [2.45, 2.75) is 6.04 Å². The van der Waals surface area contributed by atoms with Gasteiger partial charge >= 0.3 is 0 Å². The molecule has 66 valence electrons. The Morgan fingerprint density at radius 1 is 1.46 bits per heavy atom. The molecule has 1 aromatic rings. The van der Waals surface area contributed by atoms with Crippen molar-refractivity contribution in [3.05, 3.63) is 30.1 Å². The van der Waals surface area contributed by atoms with Crippen LogP contribution >= 0.6 is 0 Å². The zero-order chi connectivity index (χ0) is 9.10. The van der Waals surface area contributed by atoms with E-state index >= 15 is 0 Å². The molecule has 4 nitrogen and oxygen atoms in total. The second-order valence-corrected chi connectivity index (χ2v) is 3.02. The number of hydrogen-bond acceptors (Lipinski definition) is 4. The standard InChI is InChI=1S/C9H10N4/c10-5-8-6-12-13-9(8)7-1-3-11-4-2-7/h1-4,8-9,12-13H,6H2. The van der Waals surface area contributed by atoms with Gasteiger partial charge in [0.15, 0.2) is 0 Å². The number of aromatic nitrogens is 1. The second kappa shape index (κ2) is 3.52. The van der Waals surface area contributed by atoms with E-state index in [9.17, 15) is 0 Å². The molecule has 0 radical (unpaired) electrons. The van der Waals surface area contributed by atoms with Crippen LogP contribution in [0.15, 0.2) is 24.5 Å². The van der Waals surface area contributed by atoms with Crippen LogP contribution in [0.5, 0.6) is 0 Å². The number of nitrogens with one attached hydrogen (secondary N) is 2. The van der Waals surface area contributed by atoms with Crippen molar-refractivity contribution in [2.75, 3.05) is 6.54 Å². The van der Waals surface area contributed by atoms with E-state index < -0.39 is 0 Å². The molecular weight excluding hydrogens is 164 g/mol. The lowest BCUT2D eigenvalue weighted by Crippen LogP contribution is -2.24. The first kappa shape index (κ1) is 8.17. The van der Waals surface area contributed by atoms with Gasteiger partial charge in [-0.2, -0.15) is 5.26 Å². The molecule has 2 N–H and O–H groups in total. The first-order chi connectivity index (χ1) is 6.42. The molecule has 1 aliphatic heterocycles. The van der Waals surface area contributed by atoms with Crippen molar-refractivity contribution in [1.82, 2.24) is 15.8 Å². The minimum atomic E-state index is 0.00222. The van der Waals surface area contributed by atoms with Gasteiger partial charge in [0.25, 0.3) is 0 Å². The number of rotatable bonds is 1. The van der Waals surface area contributed by atoms with E-state index in [2.05, 4.69) is 21.9 Å². The van der Waals surface area contributed by atoms with Crippen LogP contribution in [-0.4, -0.2) is 11.5 Å². The highest BCUT2D eigenvalue weighted by atomic mass is 15.4. The minimum absolute atomic E-state index is 0.00222.